The van der Waals surface area contributed by atoms with E-state index in [9.17, 15) is 4.79 Å². The highest BCUT2D eigenvalue weighted by Gasteiger charge is 2.39. The molecule has 0 saturated heterocycles. The average molecular weight is 318 g/mol. The van der Waals surface area contributed by atoms with Gasteiger partial charge in [0.2, 0.25) is 4.96 Å². The lowest BCUT2D eigenvalue weighted by Crippen LogP contribution is -2.36. The lowest BCUT2D eigenvalue weighted by molar-refractivity contribution is 0.168. The second-order valence-corrected chi connectivity index (χ2v) is 7.65. The minimum atomic E-state index is -0.0502. The van der Waals surface area contributed by atoms with Gasteiger partial charge in [0.15, 0.2) is 0 Å². The Balaban J connectivity index is 1.63. The number of nitrogens with zero attached hydrogens (tertiary/aromatic N) is 4. The molecule has 0 radical (unpaired) electrons. The van der Waals surface area contributed by atoms with E-state index in [1.807, 2.05) is 0 Å². The molecule has 5 nitrogen and oxygen atoms in total. The molecule has 2 aromatic heterocycles. The third kappa shape index (κ3) is 2.70. The number of aromatic nitrogens is 3. The minimum absolute atomic E-state index is 0.0502. The molecule has 2 fully saturated rings. The van der Waals surface area contributed by atoms with Gasteiger partial charge in [0, 0.05) is 24.7 Å². The molecule has 0 unspecified atom stereocenters. The number of hydrogen-bond donors (Lipinski definition) is 0. The van der Waals surface area contributed by atoms with Gasteiger partial charge in [-0.25, -0.2) is 4.98 Å². The van der Waals surface area contributed by atoms with Crippen molar-refractivity contribution in [1.82, 2.24) is 19.5 Å². The van der Waals surface area contributed by atoms with Gasteiger partial charge in [-0.05, 0) is 44.9 Å². The monoisotopic (exact) mass is 318 g/mol. The Morgan fingerprint density at radius 2 is 2.18 bits per heavy atom. The quantitative estimate of drug-likeness (QED) is 0.821. The second kappa shape index (κ2) is 5.42. The molecule has 2 aromatic rings. The van der Waals surface area contributed by atoms with Crippen molar-refractivity contribution in [2.24, 2.45) is 5.92 Å². The van der Waals surface area contributed by atoms with Crippen molar-refractivity contribution in [3.05, 3.63) is 27.1 Å². The summed E-state index contributed by atoms with van der Waals surface area (Å²) in [7, 11) is 0. The summed E-state index contributed by atoms with van der Waals surface area (Å²) in [5.74, 6) is 0.848. The molecular formula is C16H22N4OS. The minimum Gasteiger partial charge on any atom is -0.292 e. The predicted molar refractivity (Wildman–Crippen MR) is 87.3 cm³/mol. The summed E-state index contributed by atoms with van der Waals surface area (Å²) in [6.07, 6.45) is 6.13. The van der Waals surface area contributed by atoms with Gasteiger partial charge in [-0.15, -0.1) is 0 Å². The Labute approximate surface area is 134 Å². The molecule has 0 aliphatic heterocycles. The molecule has 2 heterocycles. The van der Waals surface area contributed by atoms with Crippen molar-refractivity contribution in [3.63, 3.8) is 0 Å². The lowest BCUT2D eigenvalue weighted by Gasteiger charge is -2.28. The van der Waals surface area contributed by atoms with Crippen LogP contribution in [0.5, 0.6) is 0 Å². The molecule has 0 N–H and O–H groups in total. The molecule has 118 valence electrons. The van der Waals surface area contributed by atoms with Gasteiger partial charge in [-0.2, -0.15) is 9.61 Å². The highest BCUT2D eigenvalue weighted by molar-refractivity contribution is 7.16. The largest absolute Gasteiger partial charge is 0.292 e. The number of fused-ring (bicyclic) bond motifs is 1. The van der Waals surface area contributed by atoms with Crippen LogP contribution < -0.4 is 5.56 Å². The molecule has 2 saturated carbocycles. The van der Waals surface area contributed by atoms with Gasteiger partial charge in [0.25, 0.3) is 5.56 Å². The van der Waals surface area contributed by atoms with Crippen molar-refractivity contribution < 1.29 is 0 Å². The van der Waals surface area contributed by atoms with E-state index < -0.39 is 0 Å². The van der Waals surface area contributed by atoms with Gasteiger partial charge in [0.1, 0.15) is 5.01 Å². The van der Waals surface area contributed by atoms with Crippen LogP contribution in [0.3, 0.4) is 0 Å². The fourth-order valence-corrected chi connectivity index (χ4v) is 4.03. The first kappa shape index (κ1) is 14.3. The molecule has 6 heteroatoms. The SMILES string of the molecule is CCc1nn2c(=O)cc(CN(C3CC3)[C@@H](C)C3CC3)nc2s1. The van der Waals surface area contributed by atoms with Gasteiger partial charge in [0.05, 0.1) is 5.69 Å². The van der Waals surface area contributed by atoms with E-state index in [2.05, 4.69) is 23.8 Å². The Hall–Kier alpha value is -1.27. The molecule has 0 aromatic carbocycles. The van der Waals surface area contributed by atoms with Gasteiger partial charge < -0.3 is 0 Å². The fourth-order valence-electron chi connectivity index (χ4n) is 3.17. The molecule has 0 amide bonds. The van der Waals surface area contributed by atoms with Gasteiger partial charge in [-0.1, -0.05) is 18.3 Å². The van der Waals surface area contributed by atoms with Crippen LogP contribution in [0.25, 0.3) is 4.96 Å². The van der Waals surface area contributed by atoms with E-state index in [1.165, 1.54) is 41.5 Å². The predicted octanol–water partition coefficient (Wildman–Crippen LogP) is 2.48. The Bertz CT molecular complexity index is 744. The van der Waals surface area contributed by atoms with E-state index in [-0.39, 0.29) is 5.56 Å². The van der Waals surface area contributed by atoms with E-state index >= 15 is 0 Å². The standard InChI is InChI=1S/C16H22N4OS/c1-3-14-18-20-15(21)8-12(17-16(20)22-14)9-19(13-6-7-13)10(2)11-4-5-11/h8,10-11,13H,3-7,9H2,1-2H3/t10-/m0/s1. The zero-order valence-corrected chi connectivity index (χ0v) is 14.0. The molecule has 4 rings (SSSR count). The van der Waals surface area contributed by atoms with Crippen molar-refractivity contribution in [3.8, 4) is 0 Å². The van der Waals surface area contributed by atoms with E-state index in [1.54, 1.807) is 6.07 Å². The zero-order valence-electron chi connectivity index (χ0n) is 13.2. The lowest BCUT2D eigenvalue weighted by atomic mass is 10.1. The number of hydrogen-bond acceptors (Lipinski definition) is 5. The Morgan fingerprint density at radius 3 is 2.82 bits per heavy atom. The second-order valence-electron chi connectivity index (χ2n) is 6.61. The van der Waals surface area contributed by atoms with Crippen LogP contribution in [0.15, 0.2) is 10.9 Å². The van der Waals surface area contributed by atoms with E-state index in [0.29, 0.717) is 12.1 Å². The maximum Gasteiger partial charge on any atom is 0.275 e. The molecule has 2 aliphatic carbocycles. The van der Waals surface area contributed by atoms with Crippen LogP contribution in [0, 0.1) is 5.92 Å². The third-order valence-electron chi connectivity index (χ3n) is 4.83. The Morgan fingerprint density at radius 1 is 1.41 bits per heavy atom. The van der Waals surface area contributed by atoms with Crippen LogP contribution in [0.1, 0.15) is 50.2 Å². The molecule has 2 aliphatic rings. The first-order valence-corrected chi connectivity index (χ1v) is 9.11. The van der Waals surface area contributed by atoms with Crippen molar-refractivity contribution >= 4 is 16.3 Å². The van der Waals surface area contributed by atoms with Crippen LogP contribution in [0.2, 0.25) is 0 Å². The molecular weight excluding hydrogens is 296 g/mol. The first-order valence-electron chi connectivity index (χ1n) is 8.30. The molecule has 22 heavy (non-hydrogen) atoms. The highest BCUT2D eigenvalue weighted by atomic mass is 32.1. The van der Waals surface area contributed by atoms with Crippen LogP contribution in [-0.2, 0) is 13.0 Å². The van der Waals surface area contributed by atoms with Gasteiger partial charge >= 0.3 is 0 Å². The summed E-state index contributed by atoms with van der Waals surface area (Å²) in [5, 5.41) is 5.28. The summed E-state index contributed by atoms with van der Waals surface area (Å²) in [6.45, 7) is 5.19. The number of aryl methyl sites for hydroxylation is 1. The van der Waals surface area contributed by atoms with Crippen molar-refractivity contribution in [2.75, 3.05) is 0 Å². The van der Waals surface area contributed by atoms with Crippen molar-refractivity contribution in [1.29, 1.82) is 0 Å². The van der Waals surface area contributed by atoms with Crippen LogP contribution >= 0.6 is 11.3 Å². The third-order valence-corrected chi connectivity index (χ3v) is 5.88. The summed E-state index contributed by atoms with van der Waals surface area (Å²) >= 11 is 1.53. The molecule has 1 atom stereocenters. The summed E-state index contributed by atoms with van der Waals surface area (Å²) in [5.41, 5.74) is 0.849. The normalized spacial score (nSPS) is 20.0. The van der Waals surface area contributed by atoms with Crippen LogP contribution in [-0.4, -0.2) is 31.6 Å². The summed E-state index contributed by atoms with van der Waals surface area (Å²) in [6, 6.07) is 2.98. The topological polar surface area (TPSA) is 50.5 Å². The first-order chi connectivity index (χ1) is 10.7. The number of rotatable bonds is 6. The van der Waals surface area contributed by atoms with E-state index in [0.717, 1.165) is 34.5 Å². The molecule has 0 spiro atoms. The smallest absolute Gasteiger partial charge is 0.275 e. The highest BCUT2D eigenvalue weighted by Crippen LogP contribution is 2.40. The fraction of sp³-hybridized carbons (Fsp3) is 0.688. The van der Waals surface area contributed by atoms with Gasteiger partial charge in [-0.3, -0.25) is 9.69 Å². The maximum atomic E-state index is 12.3. The maximum absolute atomic E-state index is 12.3. The summed E-state index contributed by atoms with van der Waals surface area (Å²) < 4.78 is 1.44. The van der Waals surface area contributed by atoms with Crippen molar-refractivity contribution in [2.45, 2.75) is 64.6 Å². The Kier molecular flexibility index (Phi) is 3.53. The molecule has 0 bridgehead atoms. The van der Waals surface area contributed by atoms with Crippen LogP contribution in [0.4, 0.5) is 0 Å². The van der Waals surface area contributed by atoms with E-state index in [4.69, 9.17) is 4.98 Å². The average Bonchev–Trinajstić information content (AvgIpc) is 3.40. The summed E-state index contributed by atoms with van der Waals surface area (Å²) in [4.78, 5) is 20.3. The zero-order chi connectivity index (χ0) is 15.3.